The van der Waals surface area contributed by atoms with Gasteiger partial charge in [-0.2, -0.15) is 0 Å². The van der Waals surface area contributed by atoms with E-state index in [2.05, 4.69) is 39.5 Å². The number of aromatic amines is 1. The van der Waals surface area contributed by atoms with Crippen molar-refractivity contribution in [3.8, 4) is 22.9 Å². The lowest BCUT2D eigenvalue weighted by atomic mass is 10.1. The SMILES string of the molecule is CCOC(=O)Nc1cc2[nH]c(-c3ccc(Oc4ccccc4)cc3)nc2c(N(CCc2ccccc2)Cc2ccccc2)n1. The van der Waals surface area contributed by atoms with Gasteiger partial charge in [-0.05, 0) is 60.9 Å². The Bertz CT molecular complexity index is 1810. The van der Waals surface area contributed by atoms with Crippen molar-refractivity contribution < 1.29 is 14.3 Å². The Morgan fingerprint density at radius 3 is 2.11 bits per heavy atom. The number of hydrogen-bond acceptors (Lipinski definition) is 6. The van der Waals surface area contributed by atoms with E-state index in [0.717, 1.165) is 34.6 Å². The Hall–Kier alpha value is -5.63. The van der Waals surface area contributed by atoms with E-state index >= 15 is 0 Å². The van der Waals surface area contributed by atoms with Gasteiger partial charge in [0.05, 0.1) is 12.1 Å². The highest BCUT2D eigenvalue weighted by Gasteiger charge is 2.20. The zero-order valence-corrected chi connectivity index (χ0v) is 24.4. The molecule has 6 aromatic rings. The Morgan fingerprint density at radius 1 is 0.795 bits per heavy atom. The van der Waals surface area contributed by atoms with Crippen molar-refractivity contribution in [2.24, 2.45) is 0 Å². The first-order chi connectivity index (χ1) is 21.6. The number of nitrogens with one attached hydrogen (secondary N) is 2. The number of carbonyl (C=O) groups is 1. The van der Waals surface area contributed by atoms with Gasteiger partial charge >= 0.3 is 6.09 Å². The molecule has 0 aliphatic carbocycles. The monoisotopic (exact) mass is 583 g/mol. The summed E-state index contributed by atoms with van der Waals surface area (Å²) in [5.74, 6) is 3.24. The second-order valence-corrected chi connectivity index (χ2v) is 10.2. The van der Waals surface area contributed by atoms with E-state index in [0.29, 0.717) is 36.1 Å². The van der Waals surface area contributed by atoms with Crippen LogP contribution in [0.5, 0.6) is 11.5 Å². The van der Waals surface area contributed by atoms with Crippen LogP contribution >= 0.6 is 0 Å². The molecule has 2 N–H and O–H groups in total. The van der Waals surface area contributed by atoms with Gasteiger partial charge in [0.25, 0.3) is 0 Å². The highest BCUT2D eigenvalue weighted by molar-refractivity contribution is 5.93. The molecular weight excluding hydrogens is 550 g/mol. The molecule has 0 saturated carbocycles. The standard InChI is InChI=1S/C36H33N5O3/c1-2-43-36(42)39-32-24-31-33(40-34(37-31)28-18-20-30(21-19-28)44-29-16-10-5-11-17-29)35(38-32)41(25-27-14-8-4-9-15-27)23-22-26-12-6-3-7-13-26/h3-21,24H,2,22-23,25H2,1H3,(H,37,40)(H,38,39,42). The number of amides is 1. The quantitative estimate of drug-likeness (QED) is 0.160. The van der Waals surface area contributed by atoms with Crippen LogP contribution in [-0.2, 0) is 17.7 Å². The molecular formula is C36H33N5O3. The van der Waals surface area contributed by atoms with Gasteiger partial charge < -0.3 is 19.4 Å². The first kappa shape index (κ1) is 28.5. The highest BCUT2D eigenvalue weighted by atomic mass is 16.5. The van der Waals surface area contributed by atoms with Crippen LogP contribution in [0.3, 0.4) is 0 Å². The number of anilines is 2. The number of benzene rings is 4. The van der Waals surface area contributed by atoms with Gasteiger partial charge in [-0.25, -0.2) is 14.8 Å². The summed E-state index contributed by atoms with van der Waals surface area (Å²) in [7, 11) is 0. The van der Waals surface area contributed by atoms with Crippen LogP contribution in [0.15, 0.2) is 121 Å². The number of H-pyrrole nitrogens is 1. The van der Waals surface area contributed by atoms with Crippen molar-refractivity contribution in [1.29, 1.82) is 0 Å². The topological polar surface area (TPSA) is 92.4 Å². The maximum absolute atomic E-state index is 12.4. The first-order valence-electron chi connectivity index (χ1n) is 14.7. The summed E-state index contributed by atoms with van der Waals surface area (Å²) in [5, 5.41) is 2.78. The van der Waals surface area contributed by atoms with Crippen LogP contribution in [0.2, 0.25) is 0 Å². The number of carbonyl (C=O) groups excluding carboxylic acids is 1. The van der Waals surface area contributed by atoms with Crippen molar-refractivity contribution in [3.05, 3.63) is 132 Å². The minimum Gasteiger partial charge on any atom is -0.457 e. The molecule has 2 aromatic heterocycles. The molecule has 0 bridgehead atoms. The Labute approximate surface area is 256 Å². The second kappa shape index (κ2) is 13.6. The Morgan fingerprint density at radius 2 is 1.43 bits per heavy atom. The Kier molecular flexibility index (Phi) is 8.78. The van der Waals surface area contributed by atoms with Gasteiger partial charge in [0, 0.05) is 24.7 Å². The lowest BCUT2D eigenvalue weighted by molar-refractivity contribution is 0.168. The maximum Gasteiger partial charge on any atom is 0.412 e. The average Bonchev–Trinajstić information content (AvgIpc) is 3.49. The number of hydrogen-bond donors (Lipinski definition) is 2. The largest absolute Gasteiger partial charge is 0.457 e. The van der Waals surface area contributed by atoms with E-state index in [1.54, 1.807) is 13.0 Å². The third-order valence-electron chi connectivity index (χ3n) is 7.09. The number of para-hydroxylation sites is 1. The van der Waals surface area contributed by atoms with Crippen molar-refractivity contribution in [1.82, 2.24) is 15.0 Å². The van der Waals surface area contributed by atoms with E-state index in [1.165, 1.54) is 5.56 Å². The lowest BCUT2D eigenvalue weighted by Gasteiger charge is -2.25. The molecule has 4 aromatic carbocycles. The molecule has 2 heterocycles. The zero-order valence-electron chi connectivity index (χ0n) is 24.4. The summed E-state index contributed by atoms with van der Waals surface area (Å²) in [6.45, 7) is 3.34. The minimum atomic E-state index is -0.557. The fourth-order valence-electron chi connectivity index (χ4n) is 4.97. The van der Waals surface area contributed by atoms with Gasteiger partial charge in [-0.15, -0.1) is 0 Å². The van der Waals surface area contributed by atoms with Crippen LogP contribution in [0.1, 0.15) is 18.1 Å². The van der Waals surface area contributed by atoms with E-state index in [-0.39, 0.29) is 6.61 Å². The zero-order chi connectivity index (χ0) is 30.1. The van der Waals surface area contributed by atoms with E-state index in [1.807, 2.05) is 91.0 Å². The summed E-state index contributed by atoms with van der Waals surface area (Å²) in [6, 6.07) is 39.9. The molecule has 44 heavy (non-hydrogen) atoms. The van der Waals surface area contributed by atoms with Crippen LogP contribution in [0.25, 0.3) is 22.4 Å². The average molecular weight is 584 g/mol. The number of imidazole rings is 1. The molecule has 0 atom stereocenters. The van der Waals surface area contributed by atoms with Crippen LogP contribution in [0.4, 0.5) is 16.4 Å². The third-order valence-corrected chi connectivity index (χ3v) is 7.09. The molecule has 8 heteroatoms. The van der Waals surface area contributed by atoms with Crippen molar-refractivity contribution in [2.75, 3.05) is 23.4 Å². The predicted octanol–water partition coefficient (Wildman–Crippen LogP) is 8.23. The molecule has 6 rings (SSSR count). The molecule has 0 aliphatic rings. The summed E-state index contributed by atoms with van der Waals surface area (Å²) in [6.07, 6.45) is 0.255. The van der Waals surface area contributed by atoms with E-state index in [4.69, 9.17) is 19.4 Å². The molecule has 8 nitrogen and oxygen atoms in total. The molecule has 0 aliphatic heterocycles. The van der Waals surface area contributed by atoms with Crippen molar-refractivity contribution >= 4 is 28.8 Å². The van der Waals surface area contributed by atoms with Gasteiger partial charge in [-0.1, -0.05) is 78.9 Å². The number of nitrogens with zero attached hydrogens (tertiary/aromatic N) is 3. The van der Waals surface area contributed by atoms with Crippen molar-refractivity contribution in [3.63, 3.8) is 0 Å². The molecule has 220 valence electrons. The molecule has 0 radical (unpaired) electrons. The Balaban J connectivity index is 1.37. The fourth-order valence-corrected chi connectivity index (χ4v) is 4.97. The van der Waals surface area contributed by atoms with Gasteiger partial charge in [-0.3, -0.25) is 5.32 Å². The van der Waals surface area contributed by atoms with Crippen molar-refractivity contribution in [2.45, 2.75) is 19.9 Å². The molecule has 0 saturated heterocycles. The summed E-state index contributed by atoms with van der Waals surface area (Å²) in [5.41, 5.74) is 4.72. The van der Waals surface area contributed by atoms with E-state index < -0.39 is 6.09 Å². The maximum atomic E-state index is 12.4. The molecule has 0 fully saturated rings. The second-order valence-electron chi connectivity index (χ2n) is 10.2. The minimum absolute atomic E-state index is 0.260. The van der Waals surface area contributed by atoms with Crippen LogP contribution < -0.4 is 15.0 Å². The number of pyridine rings is 1. The van der Waals surface area contributed by atoms with Crippen LogP contribution in [0, 0.1) is 0 Å². The van der Waals surface area contributed by atoms with E-state index in [9.17, 15) is 4.79 Å². The number of fused-ring (bicyclic) bond motifs is 1. The molecule has 0 unspecified atom stereocenters. The number of ether oxygens (including phenoxy) is 2. The van der Waals surface area contributed by atoms with Gasteiger partial charge in [0.15, 0.2) is 5.82 Å². The van der Waals surface area contributed by atoms with Gasteiger partial charge in [0.1, 0.15) is 28.7 Å². The number of aromatic nitrogens is 3. The molecule has 0 spiro atoms. The predicted molar refractivity (Wildman–Crippen MR) is 174 cm³/mol. The normalized spacial score (nSPS) is 10.8. The smallest absolute Gasteiger partial charge is 0.412 e. The van der Waals surface area contributed by atoms with Gasteiger partial charge in [0.2, 0.25) is 0 Å². The van der Waals surface area contributed by atoms with Crippen LogP contribution in [-0.4, -0.2) is 34.2 Å². The molecule has 1 amide bonds. The third kappa shape index (κ3) is 7.04. The fraction of sp³-hybridized carbons (Fsp3) is 0.139. The summed E-state index contributed by atoms with van der Waals surface area (Å²) >= 11 is 0. The first-order valence-corrected chi connectivity index (χ1v) is 14.7. The number of rotatable bonds is 11. The summed E-state index contributed by atoms with van der Waals surface area (Å²) in [4.78, 5) is 28.0. The lowest BCUT2D eigenvalue weighted by Crippen LogP contribution is -2.27. The highest BCUT2D eigenvalue weighted by Crippen LogP contribution is 2.32. The summed E-state index contributed by atoms with van der Waals surface area (Å²) < 4.78 is 11.1.